The smallest absolute Gasteiger partial charge is 0.347 e. The molecule has 0 N–H and O–H groups in total. The molecule has 1 atom stereocenters. The highest BCUT2D eigenvalue weighted by Gasteiger charge is 2.29. The molecule has 0 fully saturated rings. The summed E-state index contributed by atoms with van der Waals surface area (Å²) in [5.41, 5.74) is 4.53. The molecule has 0 amide bonds. The molecule has 0 spiro atoms. The topological polar surface area (TPSA) is 89.3 Å². The van der Waals surface area contributed by atoms with Crippen LogP contribution in [-0.2, 0) is 28.8 Å². The van der Waals surface area contributed by atoms with Gasteiger partial charge in [0.2, 0.25) is 0 Å². The molecule has 2 aromatic carbocycles. The van der Waals surface area contributed by atoms with Crippen LogP contribution in [0.5, 0.6) is 23.0 Å². The SMILES string of the molecule is C=CCc1c(OCCCOc2ccc3c(c2CCC)OC(C(=O)OC)CC3)ccc(-c2ccon2)c1OC. The Bertz CT molecular complexity index is 1240. The summed E-state index contributed by atoms with van der Waals surface area (Å²) >= 11 is 0. The average molecular weight is 522 g/mol. The second-order valence-electron chi connectivity index (χ2n) is 9.00. The molecular weight excluding hydrogens is 486 g/mol. The minimum Gasteiger partial charge on any atom is -0.496 e. The van der Waals surface area contributed by atoms with Crippen molar-refractivity contribution in [1.29, 1.82) is 0 Å². The van der Waals surface area contributed by atoms with Crippen LogP contribution in [0, 0.1) is 0 Å². The number of benzene rings is 2. The Hall–Kier alpha value is -3.94. The normalized spacial score (nSPS) is 14.2. The summed E-state index contributed by atoms with van der Waals surface area (Å²) in [6.45, 7) is 6.93. The van der Waals surface area contributed by atoms with Gasteiger partial charge < -0.3 is 28.2 Å². The van der Waals surface area contributed by atoms with Crippen LogP contribution in [0.1, 0.15) is 42.9 Å². The lowest BCUT2D eigenvalue weighted by molar-refractivity contribution is -0.149. The highest BCUT2D eigenvalue weighted by atomic mass is 16.6. The lowest BCUT2D eigenvalue weighted by Crippen LogP contribution is -2.32. The zero-order chi connectivity index (χ0) is 26.9. The number of aryl methyl sites for hydroxylation is 1. The van der Waals surface area contributed by atoms with Crippen molar-refractivity contribution < 1.29 is 33.0 Å². The number of nitrogens with zero attached hydrogens (tertiary/aromatic N) is 1. The van der Waals surface area contributed by atoms with E-state index in [1.54, 1.807) is 13.2 Å². The Labute approximate surface area is 223 Å². The van der Waals surface area contributed by atoms with Crippen molar-refractivity contribution in [1.82, 2.24) is 5.16 Å². The number of carbonyl (C=O) groups is 1. The summed E-state index contributed by atoms with van der Waals surface area (Å²) < 4.78 is 34.0. The minimum atomic E-state index is -0.579. The van der Waals surface area contributed by atoms with Gasteiger partial charge in [0.25, 0.3) is 0 Å². The Morgan fingerprint density at radius 2 is 1.87 bits per heavy atom. The number of ether oxygens (including phenoxy) is 5. The highest BCUT2D eigenvalue weighted by molar-refractivity contribution is 5.76. The molecule has 0 saturated heterocycles. The molecule has 1 aliphatic heterocycles. The van der Waals surface area contributed by atoms with E-state index < -0.39 is 6.10 Å². The van der Waals surface area contributed by atoms with Gasteiger partial charge >= 0.3 is 5.97 Å². The van der Waals surface area contributed by atoms with Crippen molar-refractivity contribution in [3.63, 3.8) is 0 Å². The molecule has 0 saturated carbocycles. The van der Waals surface area contributed by atoms with Crippen molar-refractivity contribution in [2.45, 2.75) is 51.6 Å². The van der Waals surface area contributed by atoms with Crippen molar-refractivity contribution in [2.24, 2.45) is 0 Å². The number of hydrogen-bond acceptors (Lipinski definition) is 8. The predicted molar refractivity (Wildman–Crippen MR) is 143 cm³/mol. The lowest BCUT2D eigenvalue weighted by Gasteiger charge is -2.27. The zero-order valence-corrected chi connectivity index (χ0v) is 22.3. The Kier molecular flexibility index (Phi) is 9.30. The van der Waals surface area contributed by atoms with Gasteiger partial charge in [0.05, 0.1) is 27.4 Å². The van der Waals surface area contributed by atoms with Gasteiger partial charge in [-0.15, -0.1) is 6.58 Å². The largest absolute Gasteiger partial charge is 0.496 e. The zero-order valence-electron chi connectivity index (χ0n) is 22.3. The van der Waals surface area contributed by atoms with E-state index in [0.29, 0.717) is 43.9 Å². The molecule has 1 unspecified atom stereocenters. The van der Waals surface area contributed by atoms with Crippen LogP contribution in [-0.4, -0.2) is 44.7 Å². The van der Waals surface area contributed by atoms with Crippen molar-refractivity contribution in [3.05, 3.63) is 65.9 Å². The Morgan fingerprint density at radius 1 is 1.11 bits per heavy atom. The van der Waals surface area contributed by atoms with Crippen molar-refractivity contribution in [3.8, 4) is 34.3 Å². The molecule has 8 heteroatoms. The third-order valence-electron chi connectivity index (χ3n) is 6.49. The van der Waals surface area contributed by atoms with Gasteiger partial charge in [0, 0.05) is 29.2 Å². The number of rotatable bonds is 13. The van der Waals surface area contributed by atoms with Gasteiger partial charge in [-0.1, -0.05) is 30.6 Å². The second-order valence-corrected chi connectivity index (χ2v) is 9.00. The van der Waals surface area contributed by atoms with E-state index in [-0.39, 0.29) is 5.97 Å². The summed E-state index contributed by atoms with van der Waals surface area (Å²) in [4.78, 5) is 12.1. The van der Waals surface area contributed by atoms with Gasteiger partial charge in [-0.2, -0.15) is 0 Å². The fraction of sp³-hybridized carbons (Fsp3) is 0.400. The quantitative estimate of drug-likeness (QED) is 0.160. The van der Waals surface area contributed by atoms with Crippen LogP contribution < -0.4 is 18.9 Å². The third kappa shape index (κ3) is 5.96. The van der Waals surface area contributed by atoms with Gasteiger partial charge in [-0.3, -0.25) is 0 Å². The van der Waals surface area contributed by atoms with E-state index in [9.17, 15) is 4.79 Å². The molecule has 2 heterocycles. The van der Waals surface area contributed by atoms with Gasteiger partial charge in [-0.25, -0.2) is 4.79 Å². The van der Waals surface area contributed by atoms with Crippen LogP contribution in [0.3, 0.4) is 0 Å². The number of methoxy groups -OCH3 is 2. The second kappa shape index (κ2) is 13.0. The first kappa shape index (κ1) is 27.1. The fourth-order valence-corrected chi connectivity index (χ4v) is 4.70. The maximum atomic E-state index is 12.1. The van der Waals surface area contributed by atoms with E-state index in [0.717, 1.165) is 58.8 Å². The van der Waals surface area contributed by atoms with Crippen LogP contribution >= 0.6 is 0 Å². The van der Waals surface area contributed by atoms with E-state index in [4.69, 9.17) is 28.2 Å². The summed E-state index contributed by atoms with van der Waals surface area (Å²) in [7, 11) is 3.02. The number of hydrogen-bond donors (Lipinski definition) is 0. The summed E-state index contributed by atoms with van der Waals surface area (Å²) in [6.07, 6.45) is 7.14. The number of allylic oxidation sites excluding steroid dienone is 1. The molecule has 1 aliphatic rings. The van der Waals surface area contributed by atoms with Crippen LogP contribution in [0.15, 0.2) is 53.8 Å². The number of esters is 1. The molecular formula is C30H35NO7. The minimum absolute atomic E-state index is 0.344. The first-order valence-corrected chi connectivity index (χ1v) is 13.0. The van der Waals surface area contributed by atoms with Crippen LogP contribution in [0.4, 0.5) is 0 Å². The highest BCUT2D eigenvalue weighted by Crippen LogP contribution is 2.39. The summed E-state index contributed by atoms with van der Waals surface area (Å²) in [6, 6.07) is 9.66. The molecule has 202 valence electrons. The van der Waals surface area contributed by atoms with Crippen molar-refractivity contribution in [2.75, 3.05) is 27.4 Å². The van der Waals surface area contributed by atoms with Gasteiger partial charge in [0.15, 0.2) is 6.10 Å². The predicted octanol–water partition coefficient (Wildman–Crippen LogP) is 5.75. The molecule has 0 aliphatic carbocycles. The van der Waals surface area contributed by atoms with Crippen LogP contribution in [0.2, 0.25) is 0 Å². The maximum Gasteiger partial charge on any atom is 0.347 e. The molecule has 38 heavy (non-hydrogen) atoms. The lowest BCUT2D eigenvalue weighted by atomic mass is 9.96. The molecule has 8 nitrogen and oxygen atoms in total. The Morgan fingerprint density at radius 3 is 2.53 bits per heavy atom. The molecule has 1 aromatic heterocycles. The summed E-state index contributed by atoms with van der Waals surface area (Å²) in [5.74, 6) is 2.62. The number of fused-ring (bicyclic) bond motifs is 1. The van der Waals surface area contributed by atoms with Gasteiger partial charge in [0.1, 0.15) is 35.0 Å². The standard InChI is InChI=1S/C30H35NO7/c1-5-8-22-25(13-10-20-11-14-27(30(32)34-4)38-28(20)22)35-17-7-18-36-26-15-12-21(24-16-19-37-31-24)29(33-3)23(26)9-6-2/h6,10,12-13,15-16,19,27H,2,5,7-9,11,14,17-18H2,1,3-4H3. The Balaban J connectivity index is 1.41. The van der Waals surface area contributed by atoms with E-state index >= 15 is 0 Å². The van der Waals surface area contributed by atoms with E-state index in [1.165, 1.54) is 13.4 Å². The number of carbonyl (C=O) groups excluding carboxylic acids is 1. The first-order valence-electron chi connectivity index (χ1n) is 13.0. The van der Waals surface area contributed by atoms with Gasteiger partial charge in [-0.05, 0) is 49.4 Å². The number of aromatic nitrogens is 1. The van der Waals surface area contributed by atoms with E-state index in [2.05, 4.69) is 18.7 Å². The molecule has 4 rings (SSSR count). The maximum absolute atomic E-state index is 12.1. The van der Waals surface area contributed by atoms with Crippen LogP contribution in [0.25, 0.3) is 11.3 Å². The molecule has 0 bridgehead atoms. The molecule has 0 radical (unpaired) electrons. The monoisotopic (exact) mass is 521 g/mol. The molecule has 3 aromatic rings. The fourth-order valence-electron chi connectivity index (χ4n) is 4.70. The van der Waals surface area contributed by atoms with Crippen molar-refractivity contribution >= 4 is 5.97 Å². The first-order chi connectivity index (χ1) is 18.6. The van der Waals surface area contributed by atoms with E-state index in [1.807, 2.05) is 30.3 Å². The average Bonchev–Trinajstić information content (AvgIpc) is 3.48. The third-order valence-corrected chi connectivity index (χ3v) is 6.49. The summed E-state index contributed by atoms with van der Waals surface area (Å²) in [5, 5.41) is 4.04.